The third kappa shape index (κ3) is 1.39. The van der Waals surface area contributed by atoms with Gasteiger partial charge in [-0.15, -0.1) is 0 Å². The molecule has 1 saturated carbocycles. The number of hydrogen-bond acceptors (Lipinski definition) is 3. The molecule has 3 atom stereocenters. The fourth-order valence-electron chi connectivity index (χ4n) is 4.87. The van der Waals surface area contributed by atoms with Gasteiger partial charge in [-0.05, 0) is 48.7 Å². The lowest BCUT2D eigenvalue weighted by Gasteiger charge is -2.17. The molecule has 4 aliphatic carbocycles. The highest BCUT2D eigenvalue weighted by Crippen LogP contribution is 2.60. The lowest BCUT2D eigenvalue weighted by Crippen LogP contribution is -2.15. The maximum atomic E-state index is 12.2. The van der Waals surface area contributed by atoms with E-state index in [4.69, 9.17) is 4.74 Å². The topological polar surface area (TPSA) is 43.4 Å². The molecule has 0 aromatic heterocycles. The maximum absolute atomic E-state index is 12.2. The fourth-order valence-corrected chi connectivity index (χ4v) is 4.87. The SMILES string of the molecule is COC(=O)C1=C2C3=C(CCC3)C[C@H]2[C@@H]2CC(=O)C[C@H]12. The van der Waals surface area contributed by atoms with Gasteiger partial charge in [0.1, 0.15) is 5.78 Å². The van der Waals surface area contributed by atoms with E-state index in [0.29, 0.717) is 30.5 Å². The molecule has 0 aromatic rings. The zero-order chi connectivity index (χ0) is 13.1. The van der Waals surface area contributed by atoms with E-state index in [9.17, 15) is 9.59 Å². The van der Waals surface area contributed by atoms with Crippen LogP contribution < -0.4 is 0 Å². The van der Waals surface area contributed by atoms with Gasteiger partial charge in [-0.2, -0.15) is 0 Å². The van der Waals surface area contributed by atoms with Crippen LogP contribution in [0, 0.1) is 17.8 Å². The molecule has 0 N–H and O–H groups in total. The highest BCUT2D eigenvalue weighted by Gasteiger charge is 2.53. The molecular weight excluding hydrogens is 240 g/mol. The van der Waals surface area contributed by atoms with E-state index in [1.165, 1.54) is 31.1 Å². The van der Waals surface area contributed by atoms with Crippen LogP contribution in [0.15, 0.2) is 22.3 Å². The van der Waals surface area contributed by atoms with Crippen molar-refractivity contribution in [1.82, 2.24) is 0 Å². The number of esters is 1. The first kappa shape index (κ1) is 11.4. The van der Waals surface area contributed by atoms with Crippen molar-refractivity contribution in [3.8, 4) is 0 Å². The average Bonchev–Trinajstić information content (AvgIpc) is 3.07. The molecule has 100 valence electrons. The molecule has 3 heteroatoms. The molecule has 0 saturated heterocycles. The van der Waals surface area contributed by atoms with Crippen molar-refractivity contribution in [2.75, 3.05) is 7.11 Å². The minimum atomic E-state index is -0.192. The van der Waals surface area contributed by atoms with Gasteiger partial charge in [-0.25, -0.2) is 4.79 Å². The number of Topliss-reactive ketones (excluding diaryl/α,β-unsaturated/α-hetero) is 1. The van der Waals surface area contributed by atoms with Gasteiger partial charge in [0.25, 0.3) is 0 Å². The quantitative estimate of drug-likeness (QED) is 0.679. The summed E-state index contributed by atoms with van der Waals surface area (Å²) in [6.45, 7) is 0. The number of rotatable bonds is 1. The molecule has 4 rings (SSSR count). The van der Waals surface area contributed by atoms with Crippen molar-refractivity contribution in [1.29, 1.82) is 0 Å². The summed E-state index contributed by atoms with van der Waals surface area (Å²) in [6.07, 6.45) is 5.85. The van der Waals surface area contributed by atoms with Crippen LogP contribution in [0.3, 0.4) is 0 Å². The lowest BCUT2D eigenvalue weighted by atomic mass is 9.86. The van der Waals surface area contributed by atoms with E-state index in [1.807, 2.05) is 0 Å². The normalized spacial score (nSPS) is 35.8. The summed E-state index contributed by atoms with van der Waals surface area (Å²) in [7, 11) is 1.45. The zero-order valence-corrected chi connectivity index (χ0v) is 11.2. The van der Waals surface area contributed by atoms with Crippen LogP contribution in [-0.4, -0.2) is 18.9 Å². The number of fused-ring (bicyclic) bond motifs is 4. The summed E-state index contributed by atoms with van der Waals surface area (Å²) in [5.41, 5.74) is 5.16. The van der Waals surface area contributed by atoms with Crippen LogP contribution in [-0.2, 0) is 14.3 Å². The lowest BCUT2D eigenvalue weighted by molar-refractivity contribution is -0.136. The van der Waals surface area contributed by atoms with Crippen LogP contribution in [0.4, 0.5) is 0 Å². The van der Waals surface area contributed by atoms with Gasteiger partial charge in [-0.3, -0.25) is 4.79 Å². The highest BCUT2D eigenvalue weighted by molar-refractivity contribution is 5.95. The number of allylic oxidation sites excluding steroid dienone is 3. The summed E-state index contributed by atoms with van der Waals surface area (Å²) in [4.78, 5) is 23.9. The van der Waals surface area contributed by atoms with Crippen molar-refractivity contribution in [3.63, 3.8) is 0 Å². The molecule has 1 fully saturated rings. The smallest absolute Gasteiger partial charge is 0.334 e. The van der Waals surface area contributed by atoms with E-state index < -0.39 is 0 Å². The maximum Gasteiger partial charge on any atom is 0.334 e. The Labute approximate surface area is 112 Å². The first-order chi connectivity index (χ1) is 9.20. The van der Waals surface area contributed by atoms with Gasteiger partial charge in [0.15, 0.2) is 0 Å². The van der Waals surface area contributed by atoms with E-state index in [2.05, 4.69) is 0 Å². The summed E-state index contributed by atoms with van der Waals surface area (Å²) in [5.74, 6) is 1.10. The Balaban J connectivity index is 1.84. The standard InChI is InChI=1S/C16H18O3/c1-19-16(18)15-13-7-9(17)6-11(13)12-5-8-3-2-4-10(8)14(12)15/h11-13H,2-7H2,1H3/t11-,12-,13-/m0/s1. The molecule has 0 amide bonds. The second-order valence-corrected chi connectivity index (χ2v) is 6.28. The van der Waals surface area contributed by atoms with Gasteiger partial charge >= 0.3 is 5.97 Å². The second-order valence-electron chi connectivity index (χ2n) is 6.28. The number of ketones is 1. The van der Waals surface area contributed by atoms with Crippen LogP contribution in [0.5, 0.6) is 0 Å². The molecule has 0 aliphatic heterocycles. The van der Waals surface area contributed by atoms with Crippen molar-refractivity contribution < 1.29 is 14.3 Å². The zero-order valence-electron chi connectivity index (χ0n) is 11.2. The Kier molecular flexibility index (Phi) is 2.30. The molecule has 4 aliphatic rings. The highest BCUT2D eigenvalue weighted by atomic mass is 16.5. The fraction of sp³-hybridized carbons (Fsp3) is 0.625. The Morgan fingerprint density at radius 3 is 2.79 bits per heavy atom. The molecular formula is C16H18O3. The summed E-state index contributed by atoms with van der Waals surface area (Å²) < 4.78 is 5.00. The minimum Gasteiger partial charge on any atom is -0.466 e. The molecule has 0 aromatic carbocycles. The van der Waals surface area contributed by atoms with Gasteiger partial charge in [0, 0.05) is 24.3 Å². The monoisotopic (exact) mass is 258 g/mol. The second kappa shape index (κ2) is 3.81. The van der Waals surface area contributed by atoms with Crippen LogP contribution in [0.2, 0.25) is 0 Å². The van der Waals surface area contributed by atoms with Crippen molar-refractivity contribution >= 4 is 11.8 Å². The molecule has 0 unspecified atom stereocenters. The van der Waals surface area contributed by atoms with Crippen LogP contribution in [0.25, 0.3) is 0 Å². The van der Waals surface area contributed by atoms with E-state index >= 15 is 0 Å². The molecule has 0 spiro atoms. The van der Waals surface area contributed by atoms with E-state index in [1.54, 1.807) is 5.57 Å². The first-order valence-electron chi connectivity index (χ1n) is 7.26. The number of carbonyl (C=O) groups is 2. The number of ether oxygens (including phenoxy) is 1. The van der Waals surface area contributed by atoms with Crippen molar-refractivity contribution in [2.24, 2.45) is 17.8 Å². The molecule has 19 heavy (non-hydrogen) atoms. The molecule has 0 radical (unpaired) electrons. The number of hydrogen-bond donors (Lipinski definition) is 0. The van der Waals surface area contributed by atoms with Crippen LogP contribution in [0.1, 0.15) is 38.5 Å². The Morgan fingerprint density at radius 2 is 2.00 bits per heavy atom. The predicted octanol–water partition coefficient (Wildman–Crippen LogP) is 2.57. The van der Waals surface area contributed by atoms with Gasteiger partial charge in [-0.1, -0.05) is 5.57 Å². The number of methoxy groups -OCH3 is 1. The minimum absolute atomic E-state index is 0.148. The van der Waals surface area contributed by atoms with Crippen molar-refractivity contribution in [2.45, 2.75) is 38.5 Å². The third-order valence-electron chi connectivity index (χ3n) is 5.51. The third-order valence-corrected chi connectivity index (χ3v) is 5.51. The average molecular weight is 258 g/mol. The van der Waals surface area contributed by atoms with Gasteiger partial charge in [0.2, 0.25) is 0 Å². The Hall–Kier alpha value is -1.38. The largest absolute Gasteiger partial charge is 0.466 e. The van der Waals surface area contributed by atoms with E-state index in [0.717, 1.165) is 18.4 Å². The summed E-state index contributed by atoms with van der Waals surface area (Å²) >= 11 is 0. The molecule has 3 nitrogen and oxygen atoms in total. The van der Waals surface area contributed by atoms with Crippen molar-refractivity contribution in [3.05, 3.63) is 22.3 Å². The summed E-state index contributed by atoms with van der Waals surface area (Å²) in [6, 6.07) is 0. The van der Waals surface area contributed by atoms with Gasteiger partial charge < -0.3 is 4.74 Å². The Morgan fingerprint density at radius 1 is 1.16 bits per heavy atom. The molecule has 0 heterocycles. The van der Waals surface area contributed by atoms with E-state index in [-0.39, 0.29) is 11.9 Å². The Bertz CT molecular complexity index is 552. The van der Waals surface area contributed by atoms with Gasteiger partial charge in [0.05, 0.1) is 7.11 Å². The van der Waals surface area contributed by atoms with Crippen LogP contribution >= 0.6 is 0 Å². The molecule has 0 bridgehead atoms. The summed E-state index contributed by atoms with van der Waals surface area (Å²) in [5, 5.41) is 0. The first-order valence-corrected chi connectivity index (χ1v) is 7.26. The number of carbonyl (C=O) groups excluding carboxylic acids is 2. The predicted molar refractivity (Wildman–Crippen MR) is 69.2 cm³/mol.